The van der Waals surface area contributed by atoms with Gasteiger partial charge in [0.05, 0.1) is 11.7 Å². The molecule has 0 atom stereocenters. The van der Waals surface area contributed by atoms with Crippen LogP contribution in [0.3, 0.4) is 0 Å². The number of H-pyrrole nitrogens is 1. The molecule has 4 rings (SSSR count). The predicted molar refractivity (Wildman–Crippen MR) is 97.9 cm³/mol. The Morgan fingerprint density at radius 1 is 1.17 bits per heavy atom. The molecule has 0 aliphatic heterocycles. The molecule has 0 fully saturated rings. The standard InChI is InChI=1S/C19H13BrN2O2/c1-11-5-17-15(7-14(11)19-9-21-10-24-19)18(23)8-16(22-17)12-3-2-4-13(20)6-12/h2-10H,1H3,(H,22,23). The predicted octanol–water partition coefficient (Wildman–Crippen LogP) is 4.92. The van der Waals surface area contributed by atoms with Gasteiger partial charge in [-0.2, -0.15) is 0 Å². The lowest BCUT2D eigenvalue weighted by molar-refractivity contribution is 0.571. The van der Waals surface area contributed by atoms with E-state index in [2.05, 4.69) is 25.9 Å². The number of hydrogen-bond donors (Lipinski definition) is 1. The minimum absolute atomic E-state index is 0.0282. The van der Waals surface area contributed by atoms with Gasteiger partial charge in [-0.1, -0.05) is 28.1 Å². The molecule has 2 aromatic heterocycles. The van der Waals surface area contributed by atoms with Crippen molar-refractivity contribution in [3.8, 4) is 22.6 Å². The van der Waals surface area contributed by atoms with E-state index in [0.29, 0.717) is 11.1 Å². The number of rotatable bonds is 2. The quantitative estimate of drug-likeness (QED) is 0.536. The van der Waals surface area contributed by atoms with Gasteiger partial charge in [0, 0.05) is 27.2 Å². The summed E-state index contributed by atoms with van der Waals surface area (Å²) < 4.78 is 6.34. The molecule has 24 heavy (non-hydrogen) atoms. The molecule has 0 amide bonds. The zero-order valence-corrected chi connectivity index (χ0v) is 14.4. The van der Waals surface area contributed by atoms with E-state index in [1.807, 2.05) is 43.3 Å². The van der Waals surface area contributed by atoms with Crippen molar-refractivity contribution in [1.29, 1.82) is 0 Å². The van der Waals surface area contributed by atoms with Crippen LogP contribution in [0, 0.1) is 6.92 Å². The van der Waals surface area contributed by atoms with E-state index in [0.717, 1.165) is 32.4 Å². The van der Waals surface area contributed by atoms with Crippen molar-refractivity contribution in [2.24, 2.45) is 0 Å². The van der Waals surface area contributed by atoms with Gasteiger partial charge in [0.25, 0.3) is 0 Å². The molecule has 0 aliphatic carbocycles. The molecule has 118 valence electrons. The Hall–Kier alpha value is -2.66. The first-order valence-electron chi connectivity index (χ1n) is 7.44. The first-order valence-corrected chi connectivity index (χ1v) is 8.23. The van der Waals surface area contributed by atoms with Gasteiger partial charge >= 0.3 is 0 Å². The number of aromatic amines is 1. The van der Waals surface area contributed by atoms with Crippen molar-refractivity contribution in [3.63, 3.8) is 0 Å². The van der Waals surface area contributed by atoms with Crippen LogP contribution in [0.4, 0.5) is 0 Å². The van der Waals surface area contributed by atoms with Crippen LogP contribution >= 0.6 is 15.9 Å². The number of fused-ring (bicyclic) bond motifs is 1. The van der Waals surface area contributed by atoms with Gasteiger partial charge in [0.1, 0.15) is 0 Å². The summed E-state index contributed by atoms with van der Waals surface area (Å²) in [5.74, 6) is 0.657. The van der Waals surface area contributed by atoms with Crippen LogP contribution in [0.15, 0.2) is 68.7 Å². The van der Waals surface area contributed by atoms with Crippen LogP contribution in [0.2, 0.25) is 0 Å². The highest BCUT2D eigenvalue weighted by molar-refractivity contribution is 9.10. The van der Waals surface area contributed by atoms with Gasteiger partial charge in [-0.05, 0) is 42.3 Å². The molecule has 2 heterocycles. The molecular weight excluding hydrogens is 368 g/mol. The summed E-state index contributed by atoms with van der Waals surface area (Å²) >= 11 is 3.46. The minimum atomic E-state index is -0.0282. The van der Waals surface area contributed by atoms with Crippen molar-refractivity contribution in [2.75, 3.05) is 0 Å². The van der Waals surface area contributed by atoms with Crippen LogP contribution in [-0.2, 0) is 0 Å². The third-order valence-electron chi connectivity index (χ3n) is 4.01. The first-order chi connectivity index (χ1) is 11.6. The number of benzene rings is 2. The first kappa shape index (κ1) is 14.9. The largest absolute Gasteiger partial charge is 0.444 e. The lowest BCUT2D eigenvalue weighted by Gasteiger charge is -2.08. The number of pyridine rings is 1. The second-order valence-electron chi connectivity index (χ2n) is 5.64. The molecule has 0 saturated carbocycles. The summed E-state index contributed by atoms with van der Waals surface area (Å²) in [4.78, 5) is 19.9. The second kappa shape index (κ2) is 5.76. The lowest BCUT2D eigenvalue weighted by atomic mass is 10.0. The zero-order valence-electron chi connectivity index (χ0n) is 12.8. The number of hydrogen-bond acceptors (Lipinski definition) is 3. The van der Waals surface area contributed by atoms with Crippen LogP contribution in [0.5, 0.6) is 0 Å². The average Bonchev–Trinajstić information content (AvgIpc) is 3.08. The Kier molecular flexibility index (Phi) is 3.58. The van der Waals surface area contributed by atoms with Crippen LogP contribution in [0.25, 0.3) is 33.5 Å². The van der Waals surface area contributed by atoms with Crippen molar-refractivity contribution in [3.05, 3.63) is 75.3 Å². The fourth-order valence-electron chi connectivity index (χ4n) is 2.83. The maximum absolute atomic E-state index is 12.6. The van der Waals surface area contributed by atoms with E-state index < -0.39 is 0 Å². The Morgan fingerprint density at radius 3 is 2.79 bits per heavy atom. The van der Waals surface area contributed by atoms with E-state index >= 15 is 0 Å². The molecule has 0 bridgehead atoms. The maximum atomic E-state index is 12.6. The number of oxazole rings is 1. The smallest absolute Gasteiger partial charge is 0.190 e. The molecule has 0 saturated heterocycles. The summed E-state index contributed by atoms with van der Waals surface area (Å²) in [6, 6.07) is 13.3. The summed E-state index contributed by atoms with van der Waals surface area (Å²) in [6.07, 6.45) is 3.04. The zero-order chi connectivity index (χ0) is 16.7. The molecule has 0 aliphatic rings. The van der Waals surface area contributed by atoms with Gasteiger partial charge in [-0.15, -0.1) is 0 Å². The highest BCUT2D eigenvalue weighted by atomic mass is 79.9. The summed E-state index contributed by atoms with van der Waals surface area (Å²) in [7, 11) is 0. The van der Waals surface area contributed by atoms with Crippen molar-refractivity contribution >= 4 is 26.8 Å². The molecule has 4 nitrogen and oxygen atoms in total. The van der Waals surface area contributed by atoms with Crippen molar-refractivity contribution in [1.82, 2.24) is 9.97 Å². The Morgan fingerprint density at radius 2 is 2.04 bits per heavy atom. The second-order valence-corrected chi connectivity index (χ2v) is 6.55. The molecule has 5 heteroatoms. The molecule has 4 aromatic rings. The van der Waals surface area contributed by atoms with E-state index in [1.54, 1.807) is 12.3 Å². The molecule has 1 N–H and O–H groups in total. The number of aryl methyl sites for hydroxylation is 1. The van der Waals surface area contributed by atoms with Gasteiger partial charge in [0.2, 0.25) is 0 Å². The number of halogens is 1. The number of aromatic nitrogens is 2. The van der Waals surface area contributed by atoms with E-state index in [9.17, 15) is 4.79 Å². The molecule has 0 spiro atoms. The fraction of sp³-hybridized carbons (Fsp3) is 0.0526. The van der Waals surface area contributed by atoms with Gasteiger partial charge in [-0.25, -0.2) is 4.98 Å². The minimum Gasteiger partial charge on any atom is -0.444 e. The monoisotopic (exact) mass is 380 g/mol. The van der Waals surface area contributed by atoms with Crippen LogP contribution in [-0.4, -0.2) is 9.97 Å². The summed E-state index contributed by atoms with van der Waals surface area (Å²) in [6.45, 7) is 1.99. The van der Waals surface area contributed by atoms with Crippen LogP contribution < -0.4 is 5.43 Å². The van der Waals surface area contributed by atoms with Gasteiger partial charge < -0.3 is 9.40 Å². The summed E-state index contributed by atoms with van der Waals surface area (Å²) in [5.41, 5.74) is 4.42. The fourth-order valence-corrected chi connectivity index (χ4v) is 3.23. The van der Waals surface area contributed by atoms with Crippen LogP contribution in [0.1, 0.15) is 5.56 Å². The topological polar surface area (TPSA) is 58.9 Å². The Labute approximate surface area is 146 Å². The van der Waals surface area contributed by atoms with Gasteiger partial charge in [0.15, 0.2) is 17.6 Å². The molecule has 0 radical (unpaired) electrons. The maximum Gasteiger partial charge on any atom is 0.190 e. The SMILES string of the molecule is Cc1cc2[nH]c(-c3cccc(Br)c3)cc(=O)c2cc1-c1cnco1. The third kappa shape index (κ3) is 2.57. The molecule has 2 aromatic carbocycles. The molecule has 0 unspecified atom stereocenters. The average molecular weight is 381 g/mol. The van der Waals surface area contributed by atoms with Gasteiger partial charge in [-0.3, -0.25) is 4.79 Å². The van der Waals surface area contributed by atoms with E-state index in [-0.39, 0.29) is 5.43 Å². The third-order valence-corrected chi connectivity index (χ3v) is 4.50. The van der Waals surface area contributed by atoms with E-state index in [1.165, 1.54) is 6.39 Å². The highest BCUT2D eigenvalue weighted by Gasteiger charge is 2.11. The number of nitrogens with one attached hydrogen (secondary N) is 1. The van der Waals surface area contributed by atoms with Crippen molar-refractivity contribution < 1.29 is 4.42 Å². The normalized spacial score (nSPS) is 11.1. The van der Waals surface area contributed by atoms with Crippen molar-refractivity contribution in [2.45, 2.75) is 6.92 Å². The highest BCUT2D eigenvalue weighted by Crippen LogP contribution is 2.28. The number of nitrogens with zero attached hydrogens (tertiary/aromatic N) is 1. The molecular formula is C19H13BrN2O2. The Bertz CT molecular complexity index is 1100. The lowest BCUT2D eigenvalue weighted by Crippen LogP contribution is -2.04. The Balaban J connectivity index is 1.94. The summed E-state index contributed by atoms with van der Waals surface area (Å²) in [5, 5.41) is 0.630. The van der Waals surface area contributed by atoms with E-state index in [4.69, 9.17) is 4.42 Å².